The summed E-state index contributed by atoms with van der Waals surface area (Å²) in [7, 11) is 0. The lowest BCUT2D eigenvalue weighted by Gasteiger charge is -2.37. The zero-order chi connectivity index (χ0) is 24.6. The van der Waals surface area contributed by atoms with Crippen LogP contribution in [-0.2, 0) is 6.61 Å². The highest BCUT2D eigenvalue weighted by atomic mass is 16.5. The summed E-state index contributed by atoms with van der Waals surface area (Å²) in [4.78, 5) is 17.9. The quantitative estimate of drug-likeness (QED) is 0.386. The fourth-order valence-corrected chi connectivity index (χ4v) is 5.19. The van der Waals surface area contributed by atoms with E-state index in [4.69, 9.17) is 9.84 Å². The van der Waals surface area contributed by atoms with Crippen LogP contribution in [0, 0.1) is 5.41 Å². The van der Waals surface area contributed by atoms with Crippen LogP contribution in [0.5, 0.6) is 5.75 Å². The first-order chi connectivity index (χ1) is 16.8. The molecule has 1 amide bonds. The minimum absolute atomic E-state index is 0.0572. The number of ether oxygens (including phenoxy) is 1. The van der Waals surface area contributed by atoms with Gasteiger partial charge < -0.3 is 14.7 Å². The summed E-state index contributed by atoms with van der Waals surface area (Å²) >= 11 is 0. The highest BCUT2D eigenvalue weighted by molar-refractivity contribution is 5.92. The Morgan fingerprint density at radius 2 is 1.83 bits per heavy atom. The van der Waals surface area contributed by atoms with Crippen LogP contribution in [0.4, 0.5) is 4.79 Å². The number of amides is 1. The van der Waals surface area contributed by atoms with Crippen molar-refractivity contribution < 1.29 is 14.6 Å². The van der Waals surface area contributed by atoms with Crippen LogP contribution in [0.2, 0.25) is 0 Å². The SMILES string of the molecule is CC(C)(C)[C@@H]1C(n2nc(-c3ccc(OCc4ccccc4)cc3)c3cnccc32)CCN1C(=O)O. The smallest absolute Gasteiger partial charge is 0.407 e. The second kappa shape index (κ2) is 9.06. The second-order valence-corrected chi connectivity index (χ2v) is 10.1. The molecule has 1 N–H and O–H groups in total. The summed E-state index contributed by atoms with van der Waals surface area (Å²) in [5, 5.41) is 15.8. The molecule has 2 aromatic carbocycles. The summed E-state index contributed by atoms with van der Waals surface area (Å²) < 4.78 is 7.96. The van der Waals surface area contributed by atoms with E-state index in [1.54, 1.807) is 11.1 Å². The number of rotatable bonds is 5. The molecule has 2 atom stereocenters. The van der Waals surface area contributed by atoms with E-state index in [2.05, 4.69) is 25.8 Å². The molecule has 3 heterocycles. The van der Waals surface area contributed by atoms with Crippen molar-refractivity contribution in [2.24, 2.45) is 5.41 Å². The first-order valence-corrected chi connectivity index (χ1v) is 11.9. The summed E-state index contributed by atoms with van der Waals surface area (Å²) in [5.74, 6) is 0.792. The zero-order valence-corrected chi connectivity index (χ0v) is 20.3. The molecule has 1 aliphatic rings. The standard InChI is InChI=1S/C28H30N4O3/c1-28(2,3)26-24(14-16-31(26)27(33)34)32-23-13-15-29-17-22(23)25(30-32)20-9-11-21(12-10-20)35-18-19-7-5-4-6-8-19/h4-13,15,17,24,26H,14,16,18H2,1-3H3,(H,33,34)/t24?,26-/m0/s1. The van der Waals surface area contributed by atoms with Gasteiger partial charge in [0, 0.05) is 29.9 Å². The van der Waals surface area contributed by atoms with Crippen molar-refractivity contribution in [3.8, 4) is 17.0 Å². The molecule has 0 aliphatic carbocycles. The molecule has 0 spiro atoms. The number of carbonyl (C=O) groups is 1. The lowest BCUT2D eigenvalue weighted by Crippen LogP contribution is -2.46. The van der Waals surface area contributed by atoms with Crippen LogP contribution in [0.15, 0.2) is 73.1 Å². The van der Waals surface area contributed by atoms with E-state index < -0.39 is 6.09 Å². The Morgan fingerprint density at radius 1 is 1.09 bits per heavy atom. The molecular weight excluding hydrogens is 440 g/mol. The van der Waals surface area contributed by atoms with Crippen molar-refractivity contribution in [1.82, 2.24) is 19.7 Å². The van der Waals surface area contributed by atoms with Crippen molar-refractivity contribution in [2.45, 2.75) is 45.9 Å². The third-order valence-electron chi connectivity index (χ3n) is 6.70. The van der Waals surface area contributed by atoms with Gasteiger partial charge in [0.05, 0.1) is 17.6 Å². The van der Waals surface area contributed by atoms with E-state index in [0.717, 1.165) is 39.9 Å². The van der Waals surface area contributed by atoms with Crippen molar-refractivity contribution in [2.75, 3.05) is 6.54 Å². The molecule has 35 heavy (non-hydrogen) atoms. The Labute approximate surface area is 205 Å². The average molecular weight is 471 g/mol. The van der Waals surface area contributed by atoms with Crippen LogP contribution in [0.1, 0.15) is 38.8 Å². The van der Waals surface area contributed by atoms with Gasteiger partial charge in [0.15, 0.2) is 0 Å². The maximum atomic E-state index is 12.0. The largest absolute Gasteiger partial charge is 0.489 e. The maximum Gasteiger partial charge on any atom is 0.407 e. The zero-order valence-electron chi connectivity index (χ0n) is 20.3. The first-order valence-electron chi connectivity index (χ1n) is 11.9. The van der Waals surface area contributed by atoms with Crippen molar-refractivity contribution in [3.63, 3.8) is 0 Å². The predicted octanol–water partition coefficient (Wildman–Crippen LogP) is 6.02. The molecule has 0 saturated carbocycles. The van der Waals surface area contributed by atoms with E-state index in [9.17, 15) is 9.90 Å². The Hall–Kier alpha value is -3.87. The molecule has 7 nitrogen and oxygen atoms in total. The molecule has 7 heteroatoms. The topological polar surface area (TPSA) is 80.5 Å². The molecule has 1 fully saturated rings. The molecule has 1 aliphatic heterocycles. The van der Waals surface area contributed by atoms with Gasteiger partial charge in [-0.2, -0.15) is 5.10 Å². The summed E-state index contributed by atoms with van der Waals surface area (Å²) in [5.41, 5.74) is 3.65. The van der Waals surface area contributed by atoms with E-state index in [1.807, 2.05) is 71.5 Å². The highest BCUT2D eigenvalue weighted by Gasteiger charge is 2.45. The number of hydrogen-bond donors (Lipinski definition) is 1. The van der Waals surface area contributed by atoms with E-state index in [-0.39, 0.29) is 17.5 Å². The van der Waals surface area contributed by atoms with Gasteiger partial charge in [-0.25, -0.2) is 4.79 Å². The van der Waals surface area contributed by atoms with Gasteiger partial charge in [0.25, 0.3) is 0 Å². The van der Waals surface area contributed by atoms with Crippen LogP contribution in [-0.4, -0.2) is 43.5 Å². The first kappa shape index (κ1) is 22.9. The summed E-state index contributed by atoms with van der Waals surface area (Å²) in [6.45, 7) is 7.28. The number of carboxylic acid groups (broad SMARTS) is 1. The van der Waals surface area contributed by atoms with Gasteiger partial charge in [0.2, 0.25) is 0 Å². The fraction of sp³-hybridized carbons (Fsp3) is 0.321. The van der Waals surface area contributed by atoms with E-state index in [1.165, 1.54) is 0 Å². The second-order valence-electron chi connectivity index (χ2n) is 10.1. The van der Waals surface area contributed by atoms with Gasteiger partial charge in [-0.1, -0.05) is 51.1 Å². The maximum absolute atomic E-state index is 12.0. The average Bonchev–Trinajstić information content (AvgIpc) is 3.46. The Bertz CT molecular complexity index is 1330. The third-order valence-corrected chi connectivity index (χ3v) is 6.70. The molecule has 0 bridgehead atoms. The molecule has 2 aromatic heterocycles. The summed E-state index contributed by atoms with van der Waals surface area (Å²) in [6, 6.07) is 19.7. The molecule has 180 valence electrons. The number of hydrogen-bond acceptors (Lipinski definition) is 4. The van der Waals surface area contributed by atoms with E-state index >= 15 is 0 Å². The molecule has 5 rings (SSSR count). The number of likely N-dealkylation sites (tertiary alicyclic amines) is 1. The lowest BCUT2D eigenvalue weighted by molar-refractivity contribution is 0.0914. The predicted molar refractivity (Wildman–Crippen MR) is 135 cm³/mol. The normalized spacial score (nSPS) is 18.2. The van der Waals surface area contributed by atoms with Crippen molar-refractivity contribution in [1.29, 1.82) is 0 Å². The van der Waals surface area contributed by atoms with Crippen LogP contribution in [0.25, 0.3) is 22.2 Å². The number of benzene rings is 2. The van der Waals surface area contributed by atoms with Gasteiger partial charge in [0.1, 0.15) is 18.1 Å². The van der Waals surface area contributed by atoms with Crippen LogP contribution < -0.4 is 4.74 Å². The van der Waals surface area contributed by atoms with Gasteiger partial charge in [-0.15, -0.1) is 0 Å². The fourth-order valence-electron chi connectivity index (χ4n) is 5.19. The number of pyridine rings is 1. The van der Waals surface area contributed by atoms with Gasteiger partial charge in [-0.3, -0.25) is 9.67 Å². The molecule has 4 aromatic rings. The van der Waals surface area contributed by atoms with Gasteiger partial charge >= 0.3 is 6.09 Å². The molecule has 1 saturated heterocycles. The monoisotopic (exact) mass is 470 g/mol. The highest BCUT2D eigenvalue weighted by Crippen LogP contribution is 2.42. The van der Waals surface area contributed by atoms with Crippen molar-refractivity contribution >= 4 is 17.0 Å². The Morgan fingerprint density at radius 3 is 2.51 bits per heavy atom. The third kappa shape index (κ3) is 4.46. The number of nitrogens with zero attached hydrogens (tertiary/aromatic N) is 4. The Balaban J connectivity index is 1.47. The minimum atomic E-state index is -0.878. The molecule has 1 unspecified atom stereocenters. The lowest BCUT2D eigenvalue weighted by atomic mass is 9.82. The molecule has 0 radical (unpaired) electrons. The van der Waals surface area contributed by atoms with Crippen molar-refractivity contribution in [3.05, 3.63) is 78.6 Å². The van der Waals surface area contributed by atoms with Crippen LogP contribution >= 0.6 is 0 Å². The number of fused-ring (bicyclic) bond motifs is 1. The molecular formula is C28H30N4O3. The van der Waals surface area contributed by atoms with E-state index in [0.29, 0.717) is 13.2 Å². The Kier molecular flexibility index (Phi) is 5.93. The minimum Gasteiger partial charge on any atom is -0.489 e. The van der Waals surface area contributed by atoms with Crippen LogP contribution in [0.3, 0.4) is 0 Å². The summed E-state index contributed by atoms with van der Waals surface area (Å²) in [6.07, 6.45) is 3.45. The number of aromatic nitrogens is 3. The van der Waals surface area contributed by atoms with Gasteiger partial charge in [-0.05, 0) is 47.7 Å².